The van der Waals surface area contributed by atoms with Gasteiger partial charge in [-0.3, -0.25) is 9.69 Å². The van der Waals surface area contributed by atoms with Crippen molar-refractivity contribution in [2.45, 2.75) is 18.6 Å². The third-order valence-corrected chi connectivity index (χ3v) is 4.74. The molecule has 0 aromatic heterocycles. The number of carbonyl (C=O) groups is 2. The maximum absolute atomic E-state index is 12.4. The number of anilines is 1. The smallest absolute Gasteiger partial charge is 0.414 e. The van der Waals surface area contributed by atoms with Crippen molar-refractivity contribution in [3.05, 3.63) is 65.2 Å². The number of ether oxygens (including phenoxy) is 2. The van der Waals surface area contributed by atoms with Crippen LogP contribution in [0, 0.1) is 11.3 Å². The van der Waals surface area contributed by atoms with Crippen molar-refractivity contribution < 1.29 is 19.1 Å². The third-order valence-electron chi connectivity index (χ3n) is 4.74. The molecule has 1 aliphatic heterocycles. The van der Waals surface area contributed by atoms with Crippen LogP contribution in [0.4, 0.5) is 10.5 Å². The van der Waals surface area contributed by atoms with Gasteiger partial charge in [-0.2, -0.15) is 5.26 Å². The molecule has 1 N–H and O–H groups in total. The van der Waals surface area contributed by atoms with E-state index < -0.39 is 6.09 Å². The molecule has 7 heteroatoms. The summed E-state index contributed by atoms with van der Waals surface area (Å²) in [4.78, 5) is 25.3. The van der Waals surface area contributed by atoms with Crippen LogP contribution < -0.4 is 10.2 Å². The van der Waals surface area contributed by atoms with Crippen LogP contribution in [0.15, 0.2) is 48.5 Å². The summed E-state index contributed by atoms with van der Waals surface area (Å²) in [6.45, 7) is 0.389. The third kappa shape index (κ3) is 4.13. The molecule has 2 unspecified atom stereocenters. The van der Waals surface area contributed by atoms with Gasteiger partial charge in [0.2, 0.25) is 0 Å². The monoisotopic (exact) mass is 379 g/mol. The summed E-state index contributed by atoms with van der Waals surface area (Å²) in [5.41, 5.74) is 3.03. The molecule has 0 radical (unpaired) electrons. The second-order valence-electron chi connectivity index (χ2n) is 6.45. The number of carbonyl (C=O) groups excluding carboxylic acids is 2. The minimum atomic E-state index is -0.419. The standard InChI is InChI=1S/C21H21N3O4/c1-23-20(16-7-3-14(4-8-16)11-19(25)27-2)18-13-24(21(26)28-18)17-9-5-15(12-22)6-10-17/h3-10,18,20,23H,11,13H2,1-2H3. The van der Waals surface area contributed by atoms with Gasteiger partial charge >= 0.3 is 12.1 Å². The van der Waals surface area contributed by atoms with Gasteiger partial charge in [0.15, 0.2) is 0 Å². The van der Waals surface area contributed by atoms with Crippen LogP contribution in [0.3, 0.4) is 0 Å². The van der Waals surface area contributed by atoms with E-state index in [9.17, 15) is 9.59 Å². The number of methoxy groups -OCH3 is 1. The first-order chi connectivity index (χ1) is 13.5. The van der Waals surface area contributed by atoms with E-state index in [1.165, 1.54) is 7.11 Å². The van der Waals surface area contributed by atoms with Gasteiger partial charge in [0.05, 0.1) is 37.7 Å². The van der Waals surface area contributed by atoms with Crippen LogP contribution in [-0.2, 0) is 20.7 Å². The highest BCUT2D eigenvalue weighted by Crippen LogP contribution is 2.29. The fourth-order valence-corrected chi connectivity index (χ4v) is 3.23. The van der Waals surface area contributed by atoms with Gasteiger partial charge in [0.25, 0.3) is 0 Å². The zero-order valence-corrected chi connectivity index (χ0v) is 15.7. The Hall–Kier alpha value is -3.37. The molecule has 3 rings (SSSR count). The predicted molar refractivity (Wildman–Crippen MR) is 103 cm³/mol. The van der Waals surface area contributed by atoms with E-state index in [1.807, 2.05) is 31.3 Å². The van der Waals surface area contributed by atoms with Crippen molar-refractivity contribution in [1.29, 1.82) is 5.26 Å². The Kier molecular flexibility index (Phi) is 5.92. The van der Waals surface area contributed by atoms with Gasteiger partial charge in [-0.15, -0.1) is 0 Å². The fourth-order valence-electron chi connectivity index (χ4n) is 3.23. The lowest BCUT2D eigenvalue weighted by molar-refractivity contribution is -0.139. The molecule has 0 bridgehead atoms. The first-order valence-electron chi connectivity index (χ1n) is 8.87. The van der Waals surface area contributed by atoms with Crippen molar-refractivity contribution in [1.82, 2.24) is 5.32 Å². The van der Waals surface area contributed by atoms with Crippen LogP contribution in [-0.4, -0.2) is 38.9 Å². The highest BCUT2D eigenvalue weighted by molar-refractivity contribution is 5.89. The lowest BCUT2D eigenvalue weighted by atomic mass is 9.99. The van der Waals surface area contributed by atoms with E-state index >= 15 is 0 Å². The average Bonchev–Trinajstić information content (AvgIpc) is 3.11. The molecule has 1 heterocycles. The quantitative estimate of drug-likeness (QED) is 0.776. The SMILES string of the molecule is CNC(c1ccc(CC(=O)OC)cc1)C1CN(c2ccc(C#N)cc2)C(=O)O1. The van der Waals surface area contributed by atoms with Gasteiger partial charge in [-0.05, 0) is 42.4 Å². The molecule has 2 aromatic rings. The molecular weight excluding hydrogens is 358 g/mol. The van der Waals surface area contributed by atoms with Gasteiger partial charge in [-0.25, -0.2) is 4.79 Å². The second-order valence-corrected chi connectivity index (χ2v) is 6.45. The van der Waals surface area contributed by atoms with Gasteiger partial charge in [0.1, 0.15) is 6.10 Å². The Morgan fingerprint density at radius 3 is 2.54 bits per heavy atom. The Bertz CT molecular complexity index is 887. The van der Waals surface area contributed by atoms with E-state index in [2.05, 4.69) is 16.1 Å². The summed E-state index contributed by atoms with van der Waals surface area (Å²) in [6.07, 6.45) is -0.580. The van der Waals surface area contributed by atoms with Crippen molar-refractivity contribution >= 4 is 17.7 Å². The molecule has 28 heavy (non-hydrogen) atoms. The van der Waals surface area contributed by atoms with Gasteiger partial charge in [0, 0.05) is 5.69 Å². The normalized spacial score (nSPS) is 17.0. The Balaban J connectivity index is 1.73. The first-order valence-corrected chi connectivity index (χ1v) is 8.87. The number of esters is 1. The van der Waals surface area contributed by atoms with E-state index in [0.717, 1.165) is 11.1 Å². The van der Waals surface area contributed by atoms with E-state index in [0.29, 0.717) is 17.8 Å². The summed E-state index contributed by atoms with van der Waals surface area (Å²) in [7, 11) is 3.17. The number of hydrogen-bond donors (Lipinski definition) is 1. The second kappa shape index (κ2) is 8.55. The number of hydrogen-bond acceptors (Lipinski definition) is 6. The average molecular weight is 379 g/mol. The molecule has 7 nitrogen and oxygen atoms in total. The van der Waals surface area contributed by atoms with Crippen LogP contribution in [0.25, 0.3) is 0 Å². The molecule has 0 aliphatic carbocycles. The lowest BCUT2D eigenvalue weighted by Crippen LogP contribution is -2.33. The molecule has 1 aliphatic rings. The molecular formula is C21H21N3O4. The summed E-state index contributed by atoms with van der Waals surface area (Å²) in [6, 6.07) is 16.2. The lowest BCUT2D eigenvalue weighted by Gasteiger charge is -2.22. The summed E-state index contributed by atoms with van der Waals surface area (Å²) in [5, 5.41) is 12.1. The largest absolute Gasteiger partial charge is 0.469 e. The maximum Gasteiger partial charge on any atom is 0.414 e. The zero-order valence-electron chi connectivity index (χ0n) is 15.7. The number of likely N-dealkylation sites (N-methyl/N-ethyl adjacent to an activating group) is 1. The van der Waals surface area contributed by atoms with Crippen LogP contribution in [0.2, 0.25) is 0 Å². The number of nitrogens with one attached hydrogen (secondary N) is 1. The summed E-state index contributed by atoms with van der Waals surface area (Å²) >= 11 is 0. The topological polar surface area (TPSA) is 91.7 Å². The van der Waals surface area contributed by atoms with Crippen molar-refractivity contribution in [2.75, 3.05) is 25.6 Å². The fraction of sp³-hybridized carbons (Fsp3) is 0.286. The molecule has 2 atom stereocenters. The number of benzene rings is 2. The summed E-state index contributed by atoms with van der Waals surface area (Å²) < 4.78 is 10.3. The zero-order chi connectivity index (χ0) is 20.1. The van der Waals surface area contributed by atoms with Crippen LogP contribution in [0.5, 0.6) is 0 Å². The Morgan fingerprint density at radius 1 is 1.29 bits per heavy atom. The maximum atomic E-state index is 12.4. The molecule has 1 fully saturated rings. The number of nitrogens with zero attached hydrogens (tertiary/aromatic N) is 2. The Labute approximate surface area is 163 Å². The van der Waals surface area contributed by atoms with Gasteiger partial charge in [-0.1, -0.05) is 24.3 Å². The van der Waals surface area contributed by atoms with Crippen molar-refractivity contribution in [3.8, 4) is 6.07 Å². The number of amides is 1. The Morgan fingerprint density at radius 2 is 1.96 bits per heavy atom. The van der Waals surface area contributed by atoms with Crippen LogP contribution >= 0.6 is 0 Å². The molecule has 0 spiro atoms. The molecule has 144 valence electrons. The summed E-state index contributed by atoms with van der Waals surface area (Å²) in [5.74, 6) is -0.291. The highest BCUT2D eigenvalue weighted by atomic mass is 16.6. The predicted octanol–water partition coefficient (Wildman–Crippen LogP) is 2.56. The highest BCUT2D eigenvalue weighted by Gasteiger charge is 2.37. The number of nitriles is 1. The van der Waals surface area contributed by atoms with Crippen LogP contribution in [0.1, 0.15) is 22.7 Å². The minimum absolute atomic E-state index is 0.195. The van der Waals surface area contributed by atoms with E-state index in [-0.39, 0.29) is 24.5 Å². The minimum Gasteiger partial charge on any atom is -0.469 e. The van der Waals surface area contributed by atoms with Crippen molar-refractivity contribution in [3.63, 3.8) is 0 Å². The molecule has 1 amide bonds. The number of rotatable bonds is 6. The van der Waals surface area contributed by atoms with Gasteiger partial charge < -0.3 is 14.8 Å². The number of cyclic esters (lactones) is 1. The van der Waals surface area contributed by atoms with E-state index in [4.69, 9.17) is 10.00 Å². The first kappa shape index (κ1) is 19.4. The van der Waals surface area contributed by atoms with E-state index in [1.54, 1.807) is 29.2 Å². The molecule has 0 saturated carbocycles. The molecule has 2 aromatic carbocycles. The van der Waals surface area contributed by atoms with Crippen molar-refractivity contribution in [2.24, 2.45) is 0 Å². The molecule has 1 saturated heterocycles.